The predicted octanol–water partition coefficient (Wildman–Crippen LogP) is 0.513. The van der Waals surface area contributed by atoms with Crippen molar-refractivity contribution in [3.63, 3.8) is 0 Å². The van der Waals surface area contributed by atoms with Gasteiger partial charge >= 0.3 is 0 Å². The molecule has 0 bridgehead atoms. The first-order valence-corrected chi connectivity index (χ1v) is 4.66. The molecule has 1 aliphatic rings. The summed E-state index contributed by atoms with van der Waals surface area (Å²) in [5, 5.41) is 2.88. The molecule has 0 radical (unpaired) electrons. The average molecular weight is 192 g/mol. The van der Waals surface area contributed by atoms with Crippen LogP contribution in [0.2, 0.25) is 0 Å². The highest BCUT2D eigenvalue weighted by atomic mass is 16.2. The summed E-state index contributed by atoms with van der Waals surface area (Å²) in [5.41, 5.74) is 0.310. The molecule has 1 aliphatic carbocycles. The molecular formula is C10H12N2O2. The molecule has 2 N–H and O–H groups in total. The van der Waals surface area contributed by atoms with Crippen LogP contribution in [0.3, 0.4) is 0 Å². The van der Waals surface area contributed by atoms with E-state index in [0.29, 0.717) is 17.5 Å². The lowest BCUT2D eigenvalue weighted by atomic mass is 10.2. The van der Waals surface area contributed by atoms with Crippen LogP contribution in [0.1, 0.15) is 23.7 Å². The van der Waals surface area contributed by atoms with Crippen LogP contribution in [0.4, 0.5) is 0 Å². The average Bonchev–Trinajstić information content (AvgIpc) is 2.82. The van der Waals surface area contributed by atoms with Crippen molar-refractivity contribution in [2.75, 3.05) is 0 Å². The Morgan fingerprint density at radius 2 is 2.29 bits per heavy atom. The monoisotopic (exact) mass is 192 g/mol. The zero-order valence-electron chi connectivity index (χ0n) is 7.91. The Morgan fingerprint density at radius 3 is 2.79 bits per heavy atom. The third-order valence-corrected chi connectivity index (χ3v) is 2.47. The van der Waals surface area contributed by atoms with Crippen molar-refractivity contribution in [1.82, 2.24) is 10.3 Å². The minimum atomic E-state index is -0.193. The third-order valence-electron chi connectivity index (χ3n) is 2.47. The van der Waals surface area contributed by atoms with E-state index in [9.17, 15) is 9.59 Å². The molecule has 1 amide bonds. The van der Waals surface area contributed by atoms with Gasteiger partial charge in [0, 0.05) is 18.3 Å². The molecule has 1 saturated carbocycles. The van der Waals surface area contributed by atoms with Gasteiger partial charge in [-0.3, -0.25) is 9.59 Å². The summed E-state index contributed by atoms with van der Waals surface area (Å²) in [6.07, 6.45) is 2.49. The first kappa shape index (κ1) is 8.99. The number of hydrogen-bond acceptors (Lipinski definition) is 2. The molecule has 0 aliphatic heterocycles. The van der Waals surface area contributed by atoms with E-state index in [1.165, 1.54) is 18.3 Å². The zero-order chi connectivity index (χ0) is 10.1. The molecule has 1 heterocycles. The number of rotatable bonds is 2. The molecule has 1 fully saturated rings. The van der Waals surface area contributed by atoms with Gasteiger partial charge in [-0.15, -0.1) is 0 Å². The topological polar surface area (TPSA) is 62.0 Å². The summed E-state index contributed by atoms with van der Waals surface area (Å²) in [7, 11) is 0. The van der Waals surface area contributed by atoms with Gasteiger partial charge in [-0.1, -0.05) is 6.92 Å². The first-order chi connectivity index (χ1) is 6.66. The highest BCUT2D eigenvalue weighted by Crippen LogP contribution is 2.29. The van der Waals surface area contributed by atoms with E-state index < -0.39 is 0 Å². The summed E-state index contributed by atoms with van der Waals surface area (Å²) in [4.78, 5) is 24.7. The fraction of sp³-hybridized carbons (Fsp3) is 0.400. The summed E-state index contributed by atoms with van der Waals surface area (Å²) in [5.74, 6) is 0.470. The van der Waals surface area contributed by atoms with E-state index in [4.69, 9.17) is 0 Å². The maximum absolute atomic E-state index is 11.5. The Morgan fingerprint density at radius 1 is 1.57 bits per heavy atom. The van der Waals surface area contributed by atoms with Crippen molar-refractivity contribution < 1.29 is 4.79 Å². The van der Waals surface area contributed by atoms with Crippen LogP contribution in [-0.2, 0) is 0 Å². The van der Waals surface area contributed by atoms with Gasteiger partial charge in [-0.2, -0.15) is 0 Å². The van der Waals surface area contributed by atoms with E-state index in [2.05, 4.69) is 17.2 Å². The number of nitrogens with one attached hydrogen (secondary N) is 2. The highest BCUT2D eigenvalue weighted by molar-refractivity contribution is 5.94. The van der Waals surface area contributed by atoms with Crippen LogP contribution in [0.5, 0.6) is 0 Å². The summed E-state index contributed by atoms with van der Waals surface area (Å²) < 4.78 is 0. The van der Waals surface area contributed by atoms with Crippen molar-refractivity contribution >= 4 is 5.91 Å². The fourth-order valence-corrected chi connectivity index (χ4v) is 1.33. The van der Waals surface area contributed by atoms with Crippen LogP contribution in [0, 0.1) is 5.92 Å². The fourth-order valence-electron chi connectivity index (χ4n) is 1.33. The van der Waals surface area contributed by atoms with Gasteiger partial charge < -0.3 is 10.3 Å². The highest BCUT2D eigenvalue weighted by Gasteiger charge is 2.33. The van der Waals surface area contributed by atoms with E-state index in [-0.39, 0.29) is 11.5 Å². The van der Waals surface area contributed by atoms with Gasteiger partial charge in [0.1, 0.15) is 0 Å². The van der Waals surface area contributed by atoms with E-state index in [0.717, 1.165) is 6.42 Å². The largest absolute Gasteiger partial charge is 0.349 e. The molecule has 2 unspecified atom stereocenters. The number of carbonyl (C=O) groups excluding carboxylic acids is 1. The number of aromatic nitrogens is 1. The molecule has 74 valence electrons. The number of H-pyrrole nitrogens is 1. The van der Waals surface area contributed by atoms with Crippen LogP contribution in [0.15, 0.2) is 23.1 Å². The second-order valence-electron chi connectivity index (χ2n) is 3.73. The van der Waals surface area contributed by atoms with Crippen molar-refractivity contribution in [1.29, 1.82) is 0 Å². The molecule has 4 nitrogen and oxygen atoms in total. The lowest BCUT2D eigenvalue weighted by molar-refractivity contribution is 0.0949. The maximum atomic E-state index is 11.5. The number of amides is 1. The van der Waals surface area contributed by atoms with Gasteiger partial charge in [0.2, 0.25) is 5.56 Å². The quantitative estimate of drug-likeness (QED) is 0.717. The normalized spacial score (nSPS) is 24.4. The maximum Gasteiger partial charge on any atom is 0.252 e. The van der Waals surface area contributed by atoms with Crippen molar-refractivity contribution in [3.05, 3.63) is 34.2 Å². The van der Waals surface area contributed by atoms with Crippen LogP contribution < -0.4 is 10.9 Å². The first-order valence-electron chi connectivity index (χ1n) is 4.66. The summed E-state index contributed by atoms with van der Waals surface area (Å²) in [6, 6.07) is 3.20. The minimum Gasteiger partial charge on any atom is -0.349 e. The Labute approximate surface area is 81.3 Å². The molecule has 4 heteroatoms. The van der Waals surface area contributed by atoms with Gasteiger partial charge in [0.05, 0.1) is 5.56 Å². The Bertz CT molecular complexity index is 390. The molecule has 0 saturated heterocycles. The smallest absolute Gasteiger partial charge is 0.252 e. The lowest BCUT2D eigenvalue weighted by Crippen LogP contribution is -2.27. The molecule has 2 atom stereocenters. The van der Waals surface area contributed by atoms with Crippen molar-refractivity contribution in [2.45, 2.75) is 19.4 Å². The van der Waals surface area contributed by atoms with Crippen LogP contribution >= 0.6 is 0 Å². The van der Waals surface area contributed by atoms with E-state index >= 15 is 0 Å². The number of pyridine rings is 1. The molecule has 14 heavy (non-hydrogen) atoms. The SMILES string of the molecule is CC1CC1NC(=O)c1ccc(=O)[nH]c1. The molecule has 1 aromatic heterocycles. The lowest BCUT2D eigenvalue weighted by Gasteiger charge is -2.02. The minimum absolute atomic E-state index is 0.115. The molecule has 0 spiro atoms. The van der Waals surface area contributed by atoms with Crippen LogP contribution in [-0.4, -0.2) is 16.9 Å². The van der Waals surface area contributed by atoms with E-state index in [1.807, 2.05) is 0 Å². The standard InChI is InChI=1S/C10H12N2O2/c1-6-4-8(6)12-10(14)7-2-3-9(13)11-5-7/h2-3,5-6,8H,4H2,1H3,(H,11,13)(H,12,14). The predicted molar refractivity (Wildman–Crippen MR) is 52.1 cm³/mol. The van der Waals surface area contributed by atoms with E-state index in [1.54, 1.807) is 0 Å². The molecule has 2 rings (SSSR count). The second kappa shape index (κ2) is 3.29. The second-order valence-corrected chi connectivity index (χ2v) is 3.73. The number of carbonyl (C=O) groups is 1. The summed E-state index contributed by atoms with van der Waals surface area (Å²) >= 11 is 0. The van der Waals surface area contributed by atoms with Gasteiger partial charge in [-0.05, 0) is 18.4 Å². The Hall–Kier alpha value is -1.58. The third kappa shape index (κ3) is 1.84. The number of hydrogen-bond donors (Lipinski definition) is 2. The molecule has 1 aromatic rings. The van der Waals surface area contributed by atoms with Crippen molar-refractivity contribution in [2.24, 2.45) is 5.92 Å². The Kier molecular flexibility index (Phi) is 2.11. The summed E-state index contributed by atoms with van der Waals surface area (Å²) in [6.45, 7) is 2.10. The number of aromatic amines is 1. The zero-order valence-corrected chi connectivity index (χ0v) is 7.91. The van der Waals surface area contributed by atoms with Gasteiger partial charge in [0.15, 0.2) is 0 Å². The van der Waals surface area contributed by atoms with Crippen LogP contribution in [0.25, 0.3) is 0 Å². The molecule has 0 aromatic carbocycles. The van der Waals surface area contributed by atoms with Gasteiger partial charge in [0.25, 0.3) is 5.91 Å². The Balaban J connectivity index is 2.04. The van der Waals surface area contributed by atoms with Crippen molar-refractivity contribution in [3.8, 4) is 0 Å². The molecular weight excluding hydrogens is 180 g/mol. The van der Waals surface area contributed by atoms with Gasteiger partial charge in [-0.25, -0.2) is 0 Å².